The minimum absolute atomic E-state index is 0.283. The highest BCUT2D eigenvalue weighted by Gasteiger charge is 2.27. The fourth-order valence-electron chi connectivity index (χ4n) is 3.35. The summed E-state index contributed by atoms with van der Waals surface area (Å²) in [5.41, 5.74) is 0.0627. The number of aliphatic hydroxyl groups excluding tert-OH is 1. The molecule has 1 aliphatic heterocycles. The van der Waals surface area contributed by atoms with Gasteiger partial charge >= 0.3 is 6.09 Å². The summed E-state index contributed by atoms with van der Waals surface area (Å²) in [4.78, 5) is 26.3. The maximum Gasteiger partial charge on any atom is 0.410 e. The van der Waals surface area contributed by atoms with E-state index in [-0.39, 0.29) is 24.4 Å². The molecule has 28 heavy (non-hydrogen) atoms. The van der Waals surface area contributed by atoms with E-state index in [0.717, 1.165) is 19.3 Å². The maximum atomic E-state index is 13.0. The van der Waals surface area contributed by atoms with E-state index in [2.05, 4.69) is 5.32 Å². The van der Waals surface area contributed by atoms with Gasteiger partial charge in [0.2, 0.25) is 5.91 Å². The minimum Gasteiger partial charge on any atom is -0.444 e. The number of carbonyl (C=O) groups is 2. The van der Waals surface area contributed by atoms with Gasteiger partial charge in [0.15, 0.2) is 0 Å². The quantitative estimate of drug-likeness (QED) is 0.777. The van der Waals surface area contributed by atoms with Gasteiger partial charge < -0.3 is 20.1 Å². The smallest absolute Gasteiger partial charge is 0.410 e. The molecule has 2 atom stereocenters. The van der Waals surface area contributed by atoms with E-state index in [1.807, 2.05) is 20.8 Å². The number of piperidine rings is 1. The summed E-state index contributed by atoms with van der Waals surface area (Å²) in [6.07, 6.45) is 2.36. The Hall–Kier alpha value is -2.15. The van der Waals surface area contributed by atoms with Gasteiger partial charge in [0.05, 0.1) is 12.5 Å². The molecule has 0 bridgehead atoms. The van der Waals surface area contributed by atoms with Crippen LogP contribution >= 0.6 is 0 Å². The van der Waals surface area contributed by atoms with Gasteiger partial charge in [-0.05, 0) is 63.6 Å². The van der Waals surface area contributed by atoms with Gasteiger partial charge in [0.1, 0.15) is 11.4 Å². The van der Waals surface area contributed by atoms with Crippen LogP contribution in [0.3, 0.4) is 0 Å². The summed E-state index contributed by atoms with van der Waals surface area (Å²) in [6.45, 7) is 6.97. The van der Waals surface area contributed by atoms with Gasteiger partial charge in [-0.15, -0.1) is 0 Å². The van der Waals surface area contributed by atoms with Gasteiger partial charge in [-0.25, -0.2) is 9.18 Å². The van der Waals surface area contributed by atoms with Crippen molar-refractivity contribution in [3.63, 3.8) is 0 Å². The Morgan fingerprint density at radius 3 is 2.61 bits per heavy atom. The number of nitrogens with zero attached hydrogens (tertiary/aromatic N) is 1. The van der Waals surface area contributed by atoms with E-state index in [1.54, 1.807) is 4.90 Å². The predicted octanol–water partition coefficient (Wildman–Crippen LogP) is 3.06. The largest absolute Gasteiger partial charge is 0.444 e. The van der Waals surface area contributed by atoms with Crippen LogP contribution < -0.4 is 5.32 Å². The Bertz CT molecular complexity index is 657. The number of hydrogen-bond acceptors (Lipinski definition) is 4. The van der Waals surface area contributed by atoms with Crippen LogP contribution in [-0.4, -0.2) is 53.8 Å². The number of halogens is 1. The Balaban J connectivity index is 1.80. The van der Waals surface area contributed by atoms with Crippen molar-refractivity contribution in [3.8, 4) is 0 Å². The lowest BCUT2D eigenvalue weighted by molar-refractivity contribution is -0.123. The van der Waals surface area contributed by atoms with Crippen molar-refractivity contribution < 1.29 is 23.8 Å². The SMILES string of the molecule is CC(C)(C)OC(=O)N1CCC[C@H](CCNC(=O)[C@@H](CO)c2ccc(F)cc2)C1. The topological polar surface area (TPSA) is 78.9 Å². The molecule has 0 unspecified atom stereocenters. The monoisotopic (exact) mass is 394 g/mol. The van der Waals surface area contributed by atoms with E-state index in [4.69, 9.17) is 4.74 Å². The highest BCUT2D eigenvalue weighted by atomic mass is 19.1. The van der Waals surface area contributed by atoms with Crippen molar-refractivity contribution in [3.05, 3.63) is 35.6 Å². The van der Waals surface area contributed by atoms with Crippen molar-refractivity contribution in [2.75, 3.05) is 26.2 Å². The third-order valence-electron chi connectivity index (χ3n) is 4.79. The second kappa shape index (κ2) is 9.87. The van der Waals surface area contributed by atoms with Crippen LogP contribution in [0.25, 0.3) is 0 Å². The molecule has 7 heteroatoms. The van der Waals surface area contributed by atoms with Crippen molar-refractivity contribution >= 4 is 12.0 Å². The van der Waals surface area contributed by atoms with Gasteiger partial charge in [0.25, 0.3) is 0 Å². The van der Waals surface area contributed by atoms with E-state index in [0.29, 0.717) is 31.1 Å². The number of carbonyl (C=O) groups excluding carboxylic acids is 2. The number of nitrogens with one attached hydrogen (secondary N) is 1. The van der Waals surface area contributed by atoms with Crippen LogP contribution in [0.1, 0.15) is 51.5 Å². The van der Waals surface area contributed by atoms with Crippen molar-refractivity contribution in [2.24, 2.45) is 5.92 Å². The summed E-state index contributed by atoms with van der Waals surface area (Å²) in [5, 5.41) is 12.4. The Labute approximate surface area is 166 Å². The molecule has 2 N–H and O–H groups in total. The summed E-state index contributed by atoms with van der Waals surface area (Å²) in [7, 11) is 0. The first-order valence-corrected chi connectivity index (χ1v) is 9.81. The molecule has 6 nitrogen and oxygen atoms in total. The molecule has 156 valence electrons. The predicted molar refractivity (Wildman–Crippen MR) is 104 cm³/mol. The molecule has 1 aromatic carbocycles. The summed E-state index contributed by atoms with van der Waals surface area (Å²) < 4.78 is 18.5. The van der Waals surface area contributed by atoms with E-state index in [1.165, 1.54) is 24.3 Å². The molecule has 1 aromatic rings. The fraction of sp³-hybridized carbons (Fsp3) is 0.619. The second-order valence-corrected chi connectivity index (χ2v) is 8.30. The number of hydrogen-bond donors (Lipinski definition) is 2. The number of amides is 2. The summed E-state index contributed by atoms with van der Waals surface area (Å²) in [6, 6.07) is 5.57. The van der Waals surface area contributed by atoms with E-state index < -0.39 is 11.5 Å². The molecular formula is C21H31FN2O4. The Morgan fingerprint density at radius 2 is 2.00 bits per heavy atom. The van der Waals surface area contributed by atoms with Crippen molar-refractivity contribution in [1.82, 2.24) is 10.2 Å². The molecule has 2 rings (SSSR count). The molecule has 0 radical (unpaired) electrons. The average Bonchev–Trinajstić information content (AvgIpc) is 2.63. The fourth-order valence-corrected chi connectivity index (χ4v) is 3.35. The lowest BCUT2D eigenvalue weighted by Crippen LogP contribution is -2.43. The Morgan fingerprint density at radius 1 is 1.32 bits per heavy atom. The molecule has 0 aromatic heterocycles. The van der Waals surface area contributed by atoms with Crippen molar-refractivity contribution in [2.45, 2.75) is 51.6 Å². The van der Waals surface area contributed by atoms with Gasteiger partial charge in [-0.1, -0.05) is 12.1 Å². The molecule has 0 saturated carbocycles. The highest BCUT2D eigenvalue weighted by Crippen LogP contribution is 2.22. The molecule has 0 spiro atoms. The third-order valence-corrected chi connectivity index (χ3v) is 4.79. The van der Waals surface area contributed by atoms with Crippen LogP contribution in [0.2, 0.25) is 0 Å². The zero-order valence-electron chi connectivity index (χ0n) is 16.9. The first-order chi connectivity index (χ1) is 13.2. The lowest BCUT2D eigenvalue weighted by atomic mass is 9.94. The molecule has 1 saturated heterocycles. The maximum absolute atomic E-state index is 13.0. The van der Waals surface area contributed by atoms with Crippen LogP contribution in [-0.2, 0) is 9.53 Å². The van der Waals surface area contributed by atoms with Crippen LogP contribution in [0.4, 0.5) is 9.18 Å². The van der Waals surface area contributed by atoms with E-state index in [9.17, 15) is 19.1 Å². The number of aliphatic hydroxyl groups is 1. The first kappa shape index (κ1) is 22.1. The average molecular weight is 394 g/mol. The summed E-state index contributed by atoms with van der Waals surface area (Å²) in [5.74, 6) is -1.09. The van der Waals surface area contributed by atoms with Crippen LogP contribution in [0.15, 0.2) is 24.3 Å². The standard InChI is InChI=1S/C21H31FN2O4/c1-21(2,3)28-20(27)24-12-4-5-15(13-24)10-11-23-19(26)18(14-25)16-6-8-17(22)9-7-16/h6-9,15,18,25H,4-5,10-14H2,1-3H3,(H,23,26)/t15-,18+/m1/s1. The van der Waals surface area contributed by atoms with E-state index >= 15 is 0 Å². The van der Waals surface area contributed by atoms with Gasteiger partial charge in [-0.2, -0.15) is 0 Å². The second-order valence-electron chi connectivity index (χ2n) is 8.30. The zero-order valence-corrected chi connectivity index (χ0v) is 16.9. The number of benzene rings is 1. The highest BCUT2D eigenvalue weighted by molar-refractivity contribution is 5.83. The Kier molecular flexibility index (Phi) is 7.80. The molecule has 2 amide bonds. The van der Waals surface area contributed by atoms with Crippen LogP contribution in [0.5, 0.6) is 0 Å². The van der Waals surface area contributed by atoms with Gasteiger partial charge in [-0.3, -0.25) is 4.79 Å². The first-order valence-electron chi connectivity index (χ1n) is 9.81. The number of likely N-dealkylation sites (tertiary alicyclic amines) is 1. The molecular weight excluding hydrogens is 363 g/mol. The van der Waals surface area contributed by atoms with Crippen LogP contribution in [0, 0.1) is 11.7 Å². The molecule has 1 aliphatic rings. The number of rotatable bonds is 6. The normalized spacial score (nSPS) is 18.5. The molecule has 0 aliphatic carbocycles. The molecule has 1 heterocycles. The minimum atomic E-state index is -0.717. The third kappa shape index (κ3) is 6.78. The van der Waals surface area contributed by atoms with Gasteiger partial charge in [0, 0.05) is 19.6 Å². The summed E-state index contributed by atoms with van der Waals surface area (Å²) >= 11 is 0. The molecule has 1 fully saturated rings. The lowest BCUT2D eigenvalue weighted by Gasteiger charge is -2.34. The van der Waals surface area contributed by atoms with Crippen molar-refractivity contribution in [1.29, 1.82) is 0 Å². The zero-order chi connectivity index (χ0) is 20.7. The number of ether oxygens (including phenoxy) is 1.